The second-order valence-corrected chi connectivity index (χ2v) is 5.77. The summed E-state index contributed by atoms with van der Waals surface area (Å²) in [4.78, 5) is 0. The topological polar surface area (TPSA) is 0 Å². The Balaban J connectivity index is 1.91. The minimum atomic E-state index is 0.595. The van der Waals surface area contributed by atoms with Crippen LogP contribution < -0.4 is 0 Å². The van der Waals surface area contributed by atoms with Crippen LogP contribution in [0.2, 0.25) is 0 Å². The SMILES string of the molecule is CC(SC(C)C1C=CC=C1)[c-]1cccc1. The highest BCUT2D eigenvalue weighted by Gasteiger charge is 2.16. The van der Waals surface area contributed by atoms with Crippen molar-refractivity contribution >= 4 is 11.8 Å². The van der Waals surface area contributed by atoms with Gasteiger partial charge in [0.05, 0.1) is 0 Å². The first-order valence-corrected chi connectivity index (χ1v) is 6.43. The smallest absolute Gasteiger partial charge is 0.0112 e. The molecule has 0 amide bonds. The second kappa shape index (κ2) is 4.80. The van der Waals surface area contributed by atoms with E-state index in [1.807, 2.05) is 0 Å². The van der Waals surface area contributed by atoms with Gasteiger partial charge in [-0.05, 0) is 5.25 Å². The average Bonchev–Trinajstić information content (AvgIpc) is 2.91. The van der Waals surface area contributed by atoms with Crippen molar-refractivity contribution < 1.29 is 0 Å². The maximum atomic E-state index is 2.31. The minimum Gasteiger partial charge on any atom is -0.213 e. The van der Waals surface area contributed by atoms with Gasteiger partial charge in [-0.25, -0.2) is 12.1 Å². The molecule has 1 aliphatic carbocycles. The Hall–Kier alpha value is -0.820. The molecule has 0 spiro atoms. The van der Waals surface area contributed by atoms with Gasteiger partial charge in [0.25, 0.3) is 0 Å². The largest absolute Gasteiger partial charge is 0.213 e. The van der Waals surface area contributed by atoms with E-state index in [1.54, 1.807) is 0 Å². The van der Waals surface area contributed by atoms with Gasteiger partial charge in [0.15, 0.2) is 0 Å². The van der Waals surface area contributed by atoms with Crippen molar-refractivity contribution in [3.8, 4) is 0 Å². The minimum absolute atomic E-state index is 0.595. The Kier molecular flexibility index (Phi) is 3.42. The first kappa shape index (κ1) is 10.7. The predicted molar refractivity (Wildman–Crippen MR) is 69.3 cm³/mol. The summed E-state index contributed by atoms with van der Waals surface area (Å²) in [5.74, 6) is 0.618. The van der Waals surface area contributed by atoms with Gasteiger partial charge < -0.3 is 0 Å². The molecule has 0 heterocycles. The molecule has 0 radical (unpaired) electrons. The van der Waals surface area contributed by atoms with Crippen LogP contribution in [-0.2, 0) is 0 Å². The fourth-order valence-corrected chi connectivity index (χ4v) is 3.23. The summed E-state index contributed by atoms with van der Waals surface area (Å²) in [5, 5.41) is 1.25. The fourth-order valence-electron chi connectivity index (χ4n) is 1.91. The molecule has 1 aromatic rings. The number of thioether (sulfide) groups is 1. The molecule has 1 aromatic carbocycles. The van der Waals surface area contributed by atoms with Crippen molar-refractivity contribution in [2.24, 2.45) is 5.92 Å². The lowest BCUT2D eigenvalue weighted by Gasteiger charge is -2.22. The Labute approximate surface area is 96.4 Å². The Morgan fingerprint density at radius 1 is 1.07 bits per heavy atom. The monoisotopic (exact) mass is 217 g/mol. The van der Waals surface area contributed by atoms with Crippen LogP contribution in [0.5, 0.6) is 0 Å². The second-order valence-electron chi connectivity index (χ2n) is 4.05. The first-order valence-electron chi connectivity index (χ1n) is 5.49. The Morgan fingerprint density at radius 3 is 2.27 bits per heavy atom. The summed E-state index contributed by atoms with van der Waals surface area (Å²) in [6, 6.07) is 8.66. The lowest BCUT2D eigenvalue weighted by molar-refractivity contribution is 0.799. The highest BCUT2D eigenvalue weighted by Crippen LogP contribution is 2.36. The molecule has 1 heteroatoms. The lowest BCUT2D eigenvalue weighted by Crippen LogP contribution is -2.08. The van der Waals surface area contributed by atoms with Crippen molar-refractivity contribution in [3.63, 3.8) is 0 Å². The molecule has 0 aromatic heterocycles. The van der Waals surface area contributed by atoms with Gasteiger partial charge >= 0.3 is 0 Å². The standard InChI is InChI=1S/C14H17S/c1-11(13-7-3-4-8-13)15-12(2)14-9-5-6-10-14/h3-13H,1-2H3/q-1. The van der Waals surface area contributed by atoms with E-state index < -0.39 is 0 Å². The quantitative estimate of drug-likeness (QED) is 0.676. The van der Waals surface area contributed by atoms with Crippen LogP contribution >= 0.6 is 11.8 Å². The van der Waals surface area contributed by atoms with Gasteiger partial charge in [-0.2, -0.15) is 23.9 Å². The van der Waals surface area contributed by atoms with E-state index >= 15 is 0 Å². The Morgan fingerprint density at radius 2 is 1.67 bits per heavy atom. The zero-order chi connectivity index (χ0) is 10.7. The van der Waals surface area contributed by atoms with Crippen LogP contribution in [0.1, 0.15) is 24.7 Å². The summed E-state index contributed by atoms with van der Waals surface area (Å²) in [5.41, 5.74) is 1.44. The van der Waals surface area contributed by atoms with Crippen molar-refractivity contribution in [3.05, 3.63) is 54.1 Å². The van der Waals surface area contributed by atoms with E-state index in [1.165, 1.54) is 5.56 Å². The van der Waals surface area contributed by atoms with Crippen molar-refractivity contribution in [1.29, 1.82) is 0 Å². The van der Waals surface area contributed by atoms with Gasteiger partial charge in [-0.1, -0.05) is 38.2 Å². The van der Waals surface area contributed by atoms with Gasteiger partial charge in [0, 0.05) is 11.2 Å². The molecule has 0 aliphatic heterocycles. The van der Waals surface area contributed by atoms with Crippen molar-refractivity contribution in [2.75, 3.05) is 0 Å². The molecule has 0 fully saturated rings. The molecule has 80 valence electrons. The van der Waals surface area contributed by atoms with Crippen molar-refractivity contribution in [2.45, 2.75) is 24.3 Å². The van der Waals surface area contributed by atoms with Crippen LogP contribution in [-0.4, -0.2) is 5.25 Å². The van der Waals surface area contributed by atoms with Gasteiger partial charge in [0.2, 0.25) is 0 Å². The number of rotatable bonds is 4. The van der Waals surface area contributed by atoms with Crippen LogP contribution in [0.25, 0.3) is 0 Å². The summed E-state index contributed by atoms with van der Waals surface area (Å²) in [6.45, 7) is 4.60. The van der Waals surface area contributed by atoms with Crippen LogP contribution in [0.4, 0.5) is 0 Å². The van der Waals surface area contributed by atoms with Crippen LogP contribution in [0.3, 0.4) is 0 Å². The normalized spacial score (nSPS) is 19.6. The van der Waals surface area contributed by atoms with E-state index in [0.29, 0.717) is 16.4 Å². The van der Waals surface area contributed by atoms with Gasteiger partial charge in [-0.15, -0.1) is 5.56 Å². The Bertz CT molecular complexity index is 333. The van der Waals surface area contributed by atoms with E-state index in [9.17, 15) is 0 Å². The molecule has 15 heavy (non-hydrogen) atoms. The van der Waals surface area contributed by atoms with E-state index in [4.69, 9.17) is 0 Å². The molecular formula is C14H17S-. The third kappa shape index (κ3) is 2.60. The zero-order valence-electron chi connectivity index (χ0n) is 9.26. The number of hydrogen-bond acceptors (Lipinski definition) is 1. The van der Waals surface area contributed by atoms with E-state index in [2.05, 4.69) is 74.2 Å². The molecule has 0 saturated carbocycles. The molecule has 2 unspecified atom stereocenters. The molecule has 2 atom stereocenters. The summed E-state index contributed by atoms with van der Waals surface area (Å²) >= 11 is 2.05. The average molecular weight is 217 g/mol. The third-order valence-electron chi connectivity index (χ3n) is 2.90. The van der Waals surface area contributed by atoms with Crippen LogP contribution in [0, 0.1) is 5.92 Å². The molecule has 0 N–H and O–H groups in total. The molecule has 1 aliphatic rings. The van der Waals surface area contributed by atoms with Crippen molar-refractivity contribution in [1.82, 2.24) is 0 Å². The third-order valence-corrected chi connectivity index (χ3v) is 4.32. The lowest BCUT2D eigenvalue weighted by atomic mass is 10.1. The molecular weight excluding hydrogens is 200 g/mol. The molecule has 2 rings (SSSR count). The molecule has 0 bridgehead atoms. The number of hydrogen-bond donors (Lipinski definition) is 0. The first-order chi connectivity index (χ1) is 7.27. The summed E-state index contributed by atoms with van der Waals surface area (Å²) in [6.07, 6.45) is 8.87. The van der Waals surface area contributed by atoms with Gasteiger partial charge in [-0.3, -0.25) is 0 Å². The van der Waals surface area contributed by atoms with E-state index in [-0.39, 0.29) is 0 Å². The predicted octanol–water partition coefficient (Wildman–Crippen LogP) is 4.33. The fraction of sp³-hybridized carbons (Fsp3) is 0.357. The maximum absolute atomic E-state index is 2.31. The van der Waals surface area contributed by atoms with Crippen LogP contribution in [0.15, 0.2) is 48.6 Å². The zero-order valence-corrected chi connectivity index (χ0v) is 10.1. The molecule has 0 saturated heterocycles. The highest BCUT2D eigenvalue weighted by atomic mass is 32.2. The molecule has 0 nitrogen and oxygen atoms in total. The van der Waals surface area contributed by atoms with E-state index in [0.717, 1.165) is 0 Å². The summed E-state index contributed by atoms with van der Waals surface area (Å²) < 4.78 is 0. The maximum Gasteiger partial charge on any atom is 0.0112 e. The number of allylic oxidation sites excluding steroid dienone is 4. The highest BCUT2D eigenvalue weighted by molar-refractivity contribution is 8.00. The van der Waals surface area contributed by atoms with Gasteiger partial charge in [0.1, 0.15) is 0 Å². The summed E-state index contributed by atoms with van der Waals surface area (Å²) in [7, 11) is 0.